The number of rotatable bonds is 5. The molecule has 1 atom stereocenters. The molecule has 1 aromatic carbocycles. The van der Waals surface area contributed by atoms with Gasteiger partial charge in [-0.15, -0.1) is 11.3 Å². The van der Waals surface area contributed by atoms with Crippen LogP contribution in [-0.4, -0.2) is 28.8 Å². The van der Waals surface area contributed by atoms with Crippen molar-refractivity contribution < 1.29 is 9.47 Å². The van der Waals surface area contributed by atoms with Crippen molar-refractivity contribution in [1.82, 2.24) is 14.5 Å². The van der Waals surface area contributed by atoms with E-state index in [0.717, 1.165) is 22.1 Å². The lowest BCUT2D eigenvalue weighted by Gasteiger charge is -2.17. The molecule has 0 bridgehead atoms. The Balaban J connectivity index is 2.08. The second kappa shape index (κ2) is 6.42. The van der Waals surface area contributed by atoms with Crippen LogP contribution in [0.2, 0.25) is 0 Å². The maximum atomic E-state index is 5.54. The summed E-state index contributed by atoms with van der Waals surface area (Å²) in [7, 11) is 3.27. The molecule has 6 heteroatoms. The average Bonchev–Trinajstić information content (AvgIpc) is 3.22. The summed E-state index contributed by atoms with van der Waals surface area (Å²) in [6.45, 7) is 4.13. The number of hydrogen-bond acceptors (Lipinski definition) is 5. The lowest BCUT2D eigenvalue weighted by Crippen LogP contribution is -2.08. The third kappa shape index (κ3) is 2.82. The third-order valence-electron chi connectivity index (χ3n) is 3.79. The number of imidazole rings is 1. The fourth-order valence-electron chi connectivity index (χ4n) is 2.61. The number of para-hydroxylation sites is 1. The van der Waals surface area contributed by atoms with Gasteiger partial charge in [-0.2, -0.15) is 0 Å². The van der Waals surface area contributed by atoms with E-state index in [1.54, 1.807) is 31.8 Å². The van der Waals surface area contributed by atoms with E-state index in [-0.39, 0.29) is 6.04 Å². The average molecular weight is 329 g/mol. The maximum absolute atomic E-state index is 5.54. The number of aryl methyl sites for hydroxylation is 1. The molecule has 0 aliphatic carbocycles. The van der Waals surface area contributed by atoms with Crippen LogP contribution in [0.5, 0.6) is 11.5 Å². The lowest BCUT2D eigenvalue weighted by molar-refractivity contribution is 0.356. The molecule has 23 heavy (non-hydrogen) atoms. The molecule has 0 fully saturated rings. The molecular formula is C17H19N3O2S. The van der Waals surface area contributed by atoms with Gasteiger partial charge >= 0.3 is 0 Å². The van der Waals surface area contributed by atoms with Gasteiger partial charge in [-0.05, 0) is 26.0 Å². The monoisotopic (exact) mass is 329 g/mol. The zero-order valence-electron chi connectivity index (χ0n) is 13.6. The summed E-state index contributed by atoms with van der Waals surface area (Å²) in [6, 6.07) is 5.89. The van der Waals surface area contributed by atoms with E-state index in [9.17, 15) is 0 Å². The maximum Gasteiger partial charge on any atom is 0.171 e. The van der Waals surface area contributed by atoms with Gasteiger partial charge in [0.05, 0.1) is 36.5 Å². The quantitative estimate of drug-likeness (QED) is 0.711. The Morgan fingerprint density at radius 1 is 1.22 bits per heavy atom. The van der Waals surface area contributed by atoms with Gasteiger partial charge in [-0.3, -0.25) is 0 Å². The second-order valence-electron chi connectivity index (χ2n) is 5.17. The topological polar surface area (TPSA) is 49.2 Å². The second-order valence-corrected chi connectivity index (χ2v) is 6.23. The lowest BCUT2D eigenvalue weighted by atomic mass is 10.1. The number of aromatic nitrogens is 3. The van der Waals surface area contributed by atoms with Crippen molar-refractivity contribution in [2.45, 2.75) is 19.9 Å². The van der Waals surface area contributed by atoms with Gasteiger partial charge in [0.2, 0.25) is 0 Å². The Labute approximate surface area is 139 Å². The normalized spacial score (nSPS) is 12.2. The van der Waals surface area contributed by atoms with Gasteiger partial charge in [-0.1, -0.05) is 6.07 Å². The summed E-state index contributed by atoms with van der Waals surface area (Å²) < 4.78 is 13.0. The minimum atomic E-state index is 0.0911. The minimum Gasteiger partial charge on any atom is -0.493 e. The van der Waals surface area contributed by atoms with Crippen LogP contribution in [0.1, 0.15) is 23.7 Å². The standard InChI is InChI=1S/C17H19N3O2S/c1-11(14-10-23-12(2)19-14)20-9-8-18-17(20)13-6-5-7-15(21-3)16(13)22-4/h5-11H,1-4H3/t11-/m0/s1. The van der Waals surface area contributed by atoms with Crippen molar-refractivity contribution in [2.24, 2.45) is 0 Å². The Morgan fingerprint density at radius 3 is 2.70 bits per heavy atom. The van der Waals surface area contributed by atoms with E-state index < -0.39 is 0 Å². The van der Waals surface area contributed by atoms with Gasteiger partial charge in [-0.25, -0.2) is 9.97 Å². The molecule has 0 N–H and O–H groups in total. The molecule has 120 valence electrons. The predicted octanol–water partition coefficient (Wildman–Crippen LogP) is 3.94. The fraction of sp³-hybridized carbons (Fsp3) is 0.294. The first-order valence-electron chi connectivity index (χ1n) is 7.32. The zero-order chi connectivity index (χ0) is 16.4. The van der Waals surface area contributed by atoms with Crippen LogP contribution in [0.25, 0.3) is 11.4 Å². The first kappa shape index (κ1) is 15.6. The van der Waals surface area contributed by atoms with Gasteiger partial charge < -0.3 is 14.0 Å². The highest BCUT2D eigenvalue weighted by molar-refractivity contribution is 7.09. The molecule has 0 aliphatic rings. The number of hydrogen-bond donors (Lipinski definition) is 0. The zero-order valence-corrected chi connectivity index (χ0v) is 14.4. The molecule has 0 saturated heterocycles. The van der Waals surface area contributed by atoms with Gasteiger partial charge in [0.15, 0.2) is 11.5 Å². The number of nitrogens with zero attached hydrogens (tertiary/aromatic N) is 3. The van der Waals surface area contributed by atoms with Crippen LogP contribution in [0.4, 0.5) is 0 Å². The van der Waals surface area contributed by atoms with Crippen LogP contribution in [0, 0.1) is 6.92 Å². The Bertz CT molecular complexity index is 810. The van der Waals surface area contributed by atoms with Crippen molar-refractivity contribution in [3.05, 3.63) is 46.7 Å². The Morgan fingerprint density at radius 2 is 2.04 bits per heavy atom. The molecule has 2 heterocycles. The molecule has 0 unspecified atom stereocenters. The summed E-state index contributed by atoms with van der Waals surface area (Å²) in [4.78, 5) is 9.12. The summed E-state index contributed by atoms with van der Waals surface area (Å²) in [6.07, 6.45) is 3.76. The van der Waals surface area contributed by atoms with Gasteiger partial charge in [0.1, 0.15) is 5.82 Å². The van der Waals surface area contributed by atoms with Crippen LogP contribution in [-0.2, 0) is 0 Å². The van der Waals surface area contributed by atoms with E-state index in [0.29, 0.717) is 11.5 Å². The van der Waals surface area contributed by atoms with Crippen molar-refractivity contribution >= 4 is 11.3 Å². The summed E-state index contributed by atoms with van der Waals surface area (Å²) in [5.41, 5.74) is 1.93. The SMILES string of the molecule is COc1cccc(-c2nccn2[C@@H](C)c2csc(C)n2)c1OC. The summed E-state index contributed by atoms with van der Waals surface area (Å²) >= 11 is 1.66. The van der Waals surface area contributed by atoms with Crippen molar-refractivity contribution in [3.63, 3.8) is 0 Å². The Kier molecular flexibility index (Phi) is 4.34. The van der Waals surface area contributed by atoms with Crippen LogP contribution in [0.15, 0.2) is 36.0 Å². The highest BCUT2D eigenvalue weighted by Gasteiger charge is 2.20. The van der Waals surface area contributed by atoms with Crippen LogP contribution >= 0.6 is 11.3 Å². The molecule has 0 aliphatic heterocycles. The van der Waals surface area contributed by atoms with E-state index in [1.165, 1.54) is 0 Å². The highest BCUT2D eigenvalue weighted by atomic mass is 32.1. The van der Waals surface area contributed by atoms with E-state index in [1.807, 2.05) is 31.3 Å². The largest absolute Gasteiger partial charge is 0.493 e. The van der Waals surface area contributed by atoms with Gasteiger partial charge in [0, 0.05) is 17.8 Å². The van der Waals surface area contributed by atoms with Crippen LogP contribution < -0.4 is 9.47 Å². The first-order chi connectivity index (χ1) is 11.2. The summed E-state index contributed by atoms with van der Waals surface area (Å²) in [5.74, 6) is 2.21. The van der Waals surface area contributed by atoms with Crippen molar-refractivity contribution in [1.29, 1.82) is 0 Å². The van der Waals surface area contributed by atoms with Crippen LogP contribution in [0.3, 0.4) is 0 Å². The molecule has 0 radical (unpaired) electrons. The predicted molar refractivity (Wildman–Crippen MR) is 91.4 cm³/mol. The smallest absolute Gasteiger partial charge is 0.171 e. The molecule has 5 nitrogen and oxygen atoms in total. The van der Waals surface area contributed by atoms with E-state index >= 15 is 0 Å². The van der Waals surface area contributed by atoms with E-state index in [4.69, 9.17) is 9.47 Å². The molecule has 3 rings (SSSR count). The minimum absolute atomic E-state index is 0.0911. The molecule has 2 aromatic heterocycles. The Hall–Kier alpha value is -2.34. The summed E-state index contributed by atoms with van der Waals surface area (Å²) in [5, 5.41) is 3.15. The number of benzene rings is 1. The third-order valence-corrected chi connectivity index (χ3v) is 4.59. The molecule has 0 amide bonds. The first-order valence-corrected chi connectivity index (χ1v) is 8.20. The highest BCUT2D eigenvalue weighted by Crippen LogP contribution is 2.38. The van der Waals surface area contributed by atoms with Gasteiger partial charge in [0.25, 0.3) is 0 Å². The molecule has 0 saturated carbocycles. The number of thiazole rings is 1. The molecule has 0 spiro atoms. The van der Waals surface area contributed by atoms with Crippen molar-refractivity contribution in [2.75, 3.05) is 14.2 Å². The molecule has 3 aromatic rings. The number of ether oxygens (including phenoxy) is 2. The van der Waals surface area contributed by atoms with Crippen molar-refractivity contribution in [3.8, 4) is 22.9 Å². The fourth-order valence-corrected chi connectivity index (χ4v) is 3.31. The number of methoxy groups -OCH3 is 2. The molecular weight excluding hydrogens is 310 g/mol. The van der Waals surface area contributed by atoms with E-state index in [2.05, 4.69) is 26.8 Å².